The minimum Gasteiger partial charge on any atom is -0.464 e. The van der Waals surface area contributed by atoms with Gasteiger partial charge in [0, 0.05) is 12.3 Å². The zero-order valence-electron chi connectivity index (χ0n) is 9.38. The minimum atomic E-state index is -0.566. The SMILES string of the molecule is COC(=O)c1cc2[nH]c(=O)c3cccnc3n2n1. The van der Waals surface area contributed by atoms with Gasteiger partial charge in [-0.2, -0.15) is 9.61 Å². The van der Waals surface area contributed by atoms with E-state index in [0.717, 1.165) is 0 Å². The molecule has 0 aliphatic rings. The van der Waals surface area contributed by atoms with Gasteiger partial charge in [0.15, 0.2) is 11.3 Å². The van der Waals surface area contributed by atoms with Crippen LogP contribution in [0.5, 0.6) is 0 Å². The van der Waals surface area contributed by atoms with E-state index in [1.807, 2.05) is 0 Å². The molecule has 90 valence electrons. The van der Waals surface area contributed by atoms with E-state index in [4.69, 9.17) is 0 Å². The number of H-pyrrole nitrogens is 1. The number of aromatic amines is 1. The van der Waals surface area contributed by atoms with E-state index in [2.05, 4.69) is 19.8 Å². The second-order valence-corrected chi connectivity index (χ2v) is 3.65. The maximum atomic E-state index is 11.8. The van der Waals surface area contributed by atoms with E-state index in [1.165, 1.54) is 17.7 Å². The minimum absolute atomic E-state index is 0.117. The molecule has 0 amide bonds. The fourth-order valence-corrected chi connectivity index (χ4v) is 1.76. The number of ether oxygens (including phenoxy) is 1. The molecule has 3 aromatic rings. The number of nitrogens with zero attached hydrogens (tertiary/aromatic N) is 3. The fraction of sp³-hybridized carbons (Fsp3) is 0.0909. The molecule has 3 aromatic heterocycles. The summed E-state index contributed by atoms with van der Waals surface area (Å²) in [4.78, 5) is 29.9. The van der Waals surface area contributed by atoms with E-state index in [1.54, 1.807) is 18.3 Å². The van der Waals surface area contributed by atoms with Crippen molar-refractivity contribution in [1.29, 1.82) is 0 Å². The standard InChI is InChI=1S/C11H8N4O3/c1-18-11(17)7-5-8-13-10(16)6-3-2-4-12-9(6)15(8)14-7/h2-5H,1H3,(H,13,16). The summed E-state index contributed by atoms with van der Waals surface area (Å²) in [7, 11) is 1.27. The van der Waals surface area contributed by atoms with Crippen molar-refractivity contribution in [3.05, 3.63) is 40.4 Å². The first-order valence-electron chi connectivity index (χ1n) is 5.16. The van der Waals surface area contributed by atoms with Crippen LogP contribution in [0, 0.1) is 0 Å². The largest absolute Gasteiger partial charge is 0.464 e. The molecule has 3 heterocycles. The van der Waals surface area contributed by atoms with Crippen molar-refractivity contribution in [3.8, 4) is 0 Å². The lowest BCUT2D eigenvalue weighted by Gasteiger charge is -1.98. The number of carbonyl (C=O) groups excluding carboxylic acids is 1. The summed E-state index contributed by atoms with van der Waals surface area (Å²) in [5, 5.41) is 4.47. The van der Waals surface area contributed by atoms with Gasteiger partial charge in [0.1, 0.15) is 5.65 Å². The van der Waals surface area contributed by atoms with Crippen LogP contribution in [0.15, 0.2) is 29.2 Å². The molecular formula is C11H8N4O3. The molecule has 0 atom stereocenters. The van der Waals surface area contributed by atoms with Crippen LogP contribution in [-0.2, 0) is 4.74 Å². The Morgan fingerprint density at radius 1 is 1.50 bits per heavy atom. The fourth-order valence-electron chi connectivity index (χ4n) is 1.76. The van der Waals surface area contributed by atoms with Gasteiger partial charge in [-0.05, 0) is 12.1 Å². The second kappa shape index (κ2) is 3.66. The molecule has 7 nitrogen and oxygen atoms in total. The van der Waals surface area contributed by atoms with Gasteiger partial charge in [0.05, 0.1) is 12.5 Å². The van der Waals surface area contributed by atoms with Crippen molar-refractivity contribution in [2.75, 3.05) is 7.11 Å². The number of rotatable bonds is 1. The molecule has 0 spiro atoms. The number of nitrogens with one attached hydrogen (secondary N) is 1. The van der Waals surface area contributed by atoms with Crippen molar-refractivity contribution >= 4 is 22.6 Å². The van der Waals surface area contributed by atoms with Crippen LogP contribution >= 0.6 is 0 Å². The molecule has 0 saturated heterocycles. The topological polar surface area (TPSA) is 89.4 Å². The summed E-state index contributed by atoms with van der Waals surface area (Å²) in [6, 6.07) is 4.75. The lowest BCUT2D eigenvalue weighted by Crippen LogP contribution is -2.10. The van der Waals surface area contributed by atoms with Crippen LogP contribution in [-0.4, -0.2) is 32.7 Å². The summed E-state index contributed by atoms with van der Waals surface area (Å²) < 4.78 is 5.99. The Bertz CT molecular complexity index is 818. The molecule has 0 fully saturated rings. The Morgan fingerprint density at radius 2 is 2.33 bits per heavy atom. The van der Waals surface area contributed by atoms with Crippen molar-refractivity contribution in [1.82, 2.24) is 19.6 Å². The van der Waals surface area contributed by atoms with E-state index in [-0.39, 0.29) is 11.3 Å². The molecule has 0 unspecified atom stereocenters. The van der Waals surface area contributed by atoms with Gasteiger partial charge in [0.2, 0.25) is 0 Å². The molecule has 0 bridgehead atoms. The quantitative estimate of drug-likeness (QED) is 0.624. The number of fused-ring (bicyclic) bond motifs is 3. The third kappa shape index (κ3) is 1.37. The highest BCUT2D eigenvalue weighted by Crippen LogP contribution is 2.10. The second-order valence-electron chi connectivity index (χ2n) is 3.65. The molecular weight excluding hydrogens is 236 g/mol. The van der Waals surface area contributed by atoms with Crippen LogP contribution in [0.3, 0.4) is 0 Å². The van der Waals surface area contributed by atoms with Crippen molar-refractivity contribution in [2.45, 2.75) is 0 Å². The normalized spacial score (nSPS) is 10.9. The summed E-state index contributed by atoms with van der Waals surface area (Å²) in [5.74, 6) is -0.566. The van der Waals surface area contributed by atoms with Gasteiger partial charge in [-0.3, -0.25) is 4.79 Å². The predicted octanol–water partition coefficient (Wildman–Crippen LogP) is 0.357. The average Bonchev–Trinajstić information content (AvgIpc) is 2.82. The van der Waals surface area contributed by atoms with Crippen molar-refractivity contribution in [3.63, 3.8) is 0 Å². The smallest absolute Gasteiger partial charge is 0.358 e. The molecule has 18 heavy (non-hydrogen) atoms. The van der Waals surface area contributed by atoms with E-state index in [0.29, 0.717) is 16.7 Å². The Hall–Kier alpha value is -2.70. The number of hydrogen-bond donors (Lipinski definition) is 1. The number of aromatic nitrogens is 4. The molecule has 0 aliphatic carbocycles. The monoisotopic (exact) mass is 244 g/mol. The van der Waals surface area contributed by atoms with Gasteiger partial charge >= 0.3 is 5.97 Å². The van der Waals surface area contributed by atoms with E-state index < -0.39 is 5.97 Å². The zero-order chi connectivity index (χ0) is 12.7. The average molecular weight is 244 g/mol. The lowest BCUT2D eigenvalue weighted by atomic mass is 10.3. The number of pyridine rings is 1. The van der Waals surface area contributed by atoms with E-state index >= 15 is 0 Å². The number of methoxy groups -OCH3 is 1. The molecule has 0 saturated carbocycles. The van der Waals surface area contributed by atoms with Gasteiger partial charge in [-0.25, -0.2) is 9.78 Å². The van der Waals surface area contributed by atoms with Gasteiger partial charge in [-0.1, -0.05) is 0 Å². The first kappa shape index (κ1) is 10.5. The Kier molecular flexibility index (Phi) is 2.12. The highest BCUT2D eigenvalue weighted by Gasteiger charge is 2.14. The zero-order valence-corrected chi connectivity index (χ0v) is 9.38. The molecule has 3 rings (SSSR count). The summed E-state index contributed by atoms with van der Waals surface area (Å²) in [6.07, 6.45) is 1.56. The molecule has 0 aliphatic heterocycles. The lowest BCUT2D eigenvalue weighted by molar-refractivity contribution is 0.0593. The number of hydrogen-bond acceptors (Lipinski definition) is 5. The Morgan fingerprint density at radius 3 is 3.11 bits per heavy atom. The molecule has 1 N–H and O–H groups in total. The molecule has 7 heteroatoms. The maximum absolute atomic E-state index is 11.8. The van der Waals surface area contributed by atoms with E-state index in [9.17, 15) is 9.59 Å². The van der Waals surface area contributed by atoms with Crippen LogP contribution in [0.4, 0.5) is 0 Å². The first-order chi connectivity index (χ1) is 8.70. The third-order valence-corrected chi connectivity index (χ3v) is 2.58. The predicted molar refractivity (Wildman–Crippen MR) is 62.5 cm³/mol. The Labute approximate surface area is 100 Å². The summed E-state index contributed by atoms with van der Waals surface area (Å²) >= 11 is 0. The molecule has 0 aromatic carbocycles. The van der Waals surface area contributed by atoms with Gasteiger partial charge in [0.25, 0.3) is 5.56 Å². The summed E-state index contributed by atoms with van der Waals surface area (Å²) in [5.41, 5.74) is 0.631. The van der Waals surface area contributed by atoms with Gasteiger partial charge in [-0.15, -0.1) is 0 Å². The molecule has 0 radical (unpaired) electrons. The van der Waals surface area contributed by atoms with Crippen LogP contribution in [0.1, 0.15) is 10.5 Å². The summed E-state index contributed by atoms with van der Waals surface area (Å²) in [6.45, 7) is 0. The third-order valence-electron chi connectivity index (χ3n) is 2.58. The number of esters is 1. The van der Waals surface area contributed by atoms with Crippen LogP contribution in [0.25, 0.3) is 16.7 Å². The van der Waals surface area contributed by atoms with Gasteiger partial charge < -0.3 is 9.72 Å². The van der Waals surface area contributed by atoms with Crippen LogP contribution < -0.4 is 5.56 Å². The Balaban J connectivity index is 2.44. The van der Waals surface area contributed by atoms with Crippen LogP contribution in [0.2, 0.25) is 0 Å². The highest BCUT2D eigenvalue weighted by molar-refractivity contribution is 5.89. The van der Waals surface area contributed by atoms with Crippen molar-refractivity contribution in [2.24, 2.45) is 0 Å². The maximum Gasteiger partial charge on any atom is 0.358 e. The number of carbonyl (C=O) groups is 1. The van der Waals surface area contributed by atoms with Crippen molar-refractivity contribution < 1.29 is 9.53 Å². The highest BCUT2D eigenvalue weighted by atomic mass is 16.5. The first-order valence-corrected chi connectivity index (χ1v) is 5.16.